The van der Waals surface area contributed by atoms with Gasteiger partial charge in [-0.05, 0) is 65.4 Å². The van der Waals surface area contributed by atoms with E-state index in [2.05, 4.69) is 18.8 Å². The highest BCUT2D eigenvalue weighted by atomic mass is 32.1. The number of thiophene rings is 1. The first kappa shape index (κ1) is 29.2. The highest BCUT2D eigenvalue weighted by molar-refractivity contribution is 7.15. The highest BCUT2D eigenvalue weighted by Crippen LogP contribution is 2.37. The topological polar surface area (TPSA) is 96.4 Å². The number of carboxylic acid groups (broad SMARTS) is 1. The highest BCUT2D eigenvalue weighted by Gasteiger charge is 2.43. The molecule has 1 saturated carbocycles. The molecule has 37 heavy (non-hydrogen) atoms. The number of carbonyl (C=O) groups is 3. The first-order chi connectivity index (χ1) is 17.4. The van der Waals surface area contributed by atoms with Crippen LogP contribution in [0.15, 0.2) is 6.07 Å². The summed E-state index contributed by atoms with van der Waals surface area (Å²) in [4.78, 5) is 44.2. The molecule has 8 nitrogen and oxygen atoms in total. The average molecular weight is 533 g/mol. The molecule has 2 amide bonds. The third-order valence-corrected chi connectivity index (χ3v) is 8.03. The molecule has 3 rings (SSSR count). The summed E-state index contributed by atoms with van der Waals surface area (Å²) in [7, 11) is 1.50. The van der Waals surface area contributed by atoms with Crippen LogP contribution in [0.2, 0.25) is 0 Å². The van der Waals surface area contributed by atoms with Crippen LogP contribution in [-0.2, 0) is 19.1 Å². The molecule has 0 radical (unpaired) electrons. The van der Waals surface area contributed by atoms with Crippen LogP contribution in [0, 0.1) is 29.1 Å². The van der Waals surface area contributed by atoms with E-state index in [0.717, 1.165) is 24.2 Å². The third kappa shape index (κ3) is 7.34. The third-order valence-electron chi connectivity index (χ3n) is 7.00. The average Bonchev–Trinajstić information content (AvgIpc) is 3.29. The maximum atomic E-state index is 14.2. The summed E-state index contributed by atoms with van der Waals surface area (Å²) in [5.74, 6) is 4.83. The van der Waals surface area contributed by atoms with E-state index in [-0.39, 0.29) is 33.7 Å². The van der Waals surface area contributed by atoms with Gasteiger partial charge in [0.1, 0.15) is 10.9 Å². The molecule has 204 valence electrons. The monoisotopic (exact) mass is 532 g/mol. The van der Waals surface area contributed by atoms with Crippen molar-refractivity contribution >= 4 is 34.8 Å². The molecule has 1 aromatic rings. The Morgan fingerprint density at radius 2 is 1.81 bits per heavy atom. The lowest BCUT2D eigenvalue weighted by Gasteiger charge is -2.40. The van der Waals surface area contributed by atoms with E-state index in [0.29, 0.717) is 49.9 Å². The number of hydrogen-bond donors (Lipinski definition) is 1. The summed E-state index contributed by atoms with van der Waals surface area (Å²) in [5.41, 5.74) is -0.0591. The summed E-state index contributed by atoms with van der Waals surface area (Å²) in [6, 6.07) is 0.643. The zero-order valence-electron chi connectivity index (χ0n) is 22.8. The van der Waals surface area contributed by atoms with Crippen molar-refractivity contribution in [2.75, 3.05) is 38.3 Å². The van der Waals surface area contributed by atoms with Gasteiger partial charge in [-0.1, -0.05) is 18.8 Å². The first-order valence-corrected chi connectivity index (χ1v) is 13.9. The van der Waals surface area contributed by atoms with Crippen LogP contribution in [0.25, 0.3) is 0 Å². The number of amides is 2. The Kier molecular flexibility index (Phi) is 9.79. The van der Waals surface area contributed by atoms with Crippen LogP contribution in [-0.4, -0.2) is 73.3 Å². The Hall–Kier alpha value is -2.41. The minimum atomic E-state index is -1.15. The van der Waals surface area contributed by atoms with Gasteiger partial charge < -0.3 is 19.5 Å². The number of ether oxygens (including phenoxy) is 2. The summed E-state index contributed by atoms with van der Waals surface area (Å²) < 4.78 is 11.1. The second-order valence-corrected chi connectivity index (χ2v) is 12.2. The molecule has 1 saturated heterocycles. The van der Waals surface area contributed by atoms with Crippen molar-refractivity contribution in [2.24, 2.45) is 17.3 Å². The number of nitrogens with zero attached hydrogens (tertiary/aromatic N) is 2. The number of hydrogen-bond acceptors (Lipinski definition) is 6. The summed E-state index contributed by atoms with van der Waals surface area (Å²) in [5, 5.41) is 10.1. The predicted octanol–water partition coefficient (Wildman–Crippen LogP) is 4.27. The molecular formula is C28H40N2O6S. The standard InChI is InChI=1S/C28H40N2O6S/c1-18-7-9-20(10-8-18)25(31)30(23(19(2)35-6)26(32)29-13-15-36-16-14-29)22-17-21(11-12-28(3,4)5)37-24(22)27(33)34/h17-20,23H,7-10,13-16H2,1-6H3,(H,33,34)/t18?,19-,20?,23+/m0/s1. The minimum absolute atomic E-state index is 0.00110. The van der Waals surface area contributed by atoms with E-state index in [1.165, 1.54) is 12.0 Å². The fourth-order valence-corrected chi connectivity index (χ4v) is 5.60. The number of rotatable bonds is 7. The fourth-order valence-electron chi connectivity index (χ4n) is 4.75. The molecule has 0 unspecified atom stereocenters. The van der Waals surface area contributed by atoms with Crippen LogP contribution in [0.3, 0.4) is 0 Å². The van der Waals surface area contributed by atoms with Gasteiger partial charge in [0.25, 0.3) is 0 Å². The molecule has 9 heteroatoms. The normalized spacial score (nSPS) is 21.9. The number of methoxy groups -OCH3 is 1. The number of morpholine rings is 1. The van der Waals surface area contributed by atoms with Crippen LogP contribution in [0.1, 0.15) is 74.9 Å². The SMILES string of the molecule is CO[C@@H](C)[C@H](C(=O)N1CCOCC1)N(C(=O)C1CCC(C)CC1)c1cc(C#CC(C)(C)C)sc1C(=O)O. The lowest BCUT2D eigenvalue weighted by molar-refractivity contribution is -0.142. The number of aromatic carboxylic acids is 1. The minimum Gasteiger partial charge on any atom is -0.477 e. The second-order valence-electron chi connectivity index (χ2n) is 11.1. The molecule has 0 bridgehead atoms. The van der Waals surface area contributed by atoms with E-state index in [4.69, 9.17) is 9.47 Å². The lowest BCUT2D eigenvalue weighted by atomic mass is 9.82. The van der Waals surface area contributed by atoms with E-state index < -0.39 is 18.1 Å². The Bertz CT molecular complexity index is 1040. The zero-order valence-corrected chi connectivity index (χ0v) is 23.7. The van der Waals surface area contributed by atoms with Crippen molar-refractivity contribution < 1.29 is 29.0 Å². The molecule has 2 aliphatic rings. The molecule has 1 aliphatic carbocycles. The molecule has 0 spiro atoms. The van der Waals surface area contributed by atoms with Crippen LogP contribution < -0.4 is 4.90 Å². The summed E-state index contributed by atoms with van der Waals surface area (Å²) in [6.45, 7) is 11.5. The Morgan fingerprint density at radius 1 is 1.19 bits per heavy atom. The largest absolute Gasteiger partial charge is 0.477 e. The molecule has 1 aromatic heterocycles. The molecule has 1 aliphatic heterocycles. The quantitative estimate of drug-likeness (QED) is 0.527. The number of anilines is 1. The molecule has 2 fully saturated rings. The van der Waals surface area contributed by atoms with E-state index >= 15 is 0 Å². The molecule has 1 N–H and O–H groups in total. The van der Waals surface area contributed by atoms with Crippen LogP contribution >= 0.6 is 11.3 Å². The van der Waals surface area contributed by atoms with E-state index in [1.807, 2.05) is 20.8 Å². The molecule has 0 aromatic carbocycles. The predicted molar refractivity (Wildman–Crippen MR) is 144 cm³/mol. The second kappa shape index (κ2) is 12.4. The molecular weight excluding hydrogens is 492 g/mol. The van der Waals surface area contributed by atoms with Crippen molar-refractivity contribution in [3.8, 4) is 11.8 Å². The Morgan fingerprint density at radius 3 is 2.35 bits per heavy atom. The van der Waals surface area contributed by atoms with Gasteiger partial charge in [-0.2, -0.15) is 0 Å². The van der Waals surface area contributed by atoms with Gasteiger partial charge in [0.05, 0.1) is 29.9 Å². The maximum absolute atomic E-state index is 14.2. The molecule has 2 atom stereocenters. The van der Waals surface area contributed by atoms with Crippen LogP contribution in [0.4, 0.5) is 5.69 Å². The fraction of sp³-hybridized carbons (Fsp3) is 0.679. The summed E-state index contributed by atoms with van der Waals surface area (Å²) in [6.07, 6.45) is 2.60. The van der Waals surface area contributed by atoms with E-state index in [1.54, 1.807) is 17.9 Å². The first-order valence-electron chi connectivity index (χ1n) is 13.1. The van der Waals surface area contributed by atoms with Gasteiger partial charge in [-0.25, -0.2) is 4.79 Å². The van der Waals surface area contributed by atoms with Crippen molar-refractivity contribution in [2.45, 2.75) is 72.4 Å². The van der Waals surface area contributed by atoms with Crippen LogP contribution in [0.5, 0.6) is 0 Å². The lowest BCUT2D eigenvalue weighted by Crippen LogP contribution is -2.59. The van der Waals surface area contributed by atoms with Crippen molar-refractivity contribution in [1.29, 1.82) is 0 Å². The Balaban J connectivity index is 2.14. The van der Waals surface area contributed by atoms with Gasteiger partial charge >= 0.3 is 5.97 Å². The van der Waals surface area contributed by atoms with Crippen molar-refractivity contribution in [3.05, 3.63) is 15.8 Å². The van der Waals surface area contributed by atoms with Crippen molar-refractivity contribution in [1.82, 2.24) is 4.90 Å². The Labute approximate surface area is 224 Å². The van der Waals surface area contributed by atoms with Gasteiger partial charge in [-0.3, -0.25) is 14.5 Å². The number of carbonyl (C=O) groups excluding carboxylic acids is 2. The number of carboxylic acids is 1. The maximum Gasteiger partial charge on any atom is 0.348 e. The summed E-state index contributed by atoms with van der Waals surface area (Å²) >= 11 is 1.03. The smallest absolute Gasteiger partial charge is 0.348 e. The van der Waals surface area contributed by atoms with E-state index in [9.17, 15) is 19.5 Å². The molecule has 2 heterocycles. The van der Waals surface area contributed by atoms with Gasteiger partial charge in [0, 0.05) is 31.5 Å². The van der Waals surface area contributed by atoms with Gasteiger partial charge in [0.15, 0.2) is 0 Å². The zero-order chi connectivity index (χ0) is 27.3. The van der Waals surface area contributed by atoms with Gasteiger partial charge in [-0.15, -0.1) is 11.3 Å². The van der Waals surface area contributed by atoms with Crippen molar-refractivity contribution in [3.63, 3.8) is 0 Å². The van der Waals surface area contributed by atoms with Gasteiger partial charge in [0.2, 0.25) is 11.8 Å².